The number of ether oxygens (including phenoxy) is 2. The number of hydrogen-bond acceptors (Lipinski definition) is 4. The SMILES string of the molecule is Cc1cc(C)c2c(c1C)Oc1cc(NC3CCCCC3)ccc1C21OC(=O)c2ccccc21. The average molecular weight is 440 g/mol. The summed E-state index contributed by atoms with van der Waals surface area (Å²) >= 11 is 0. The Labute approximate surface area is 194 Å². The molecule has 2 heterocycles. The molecule has 0 bridgehead atoms. The van der Waals surface area contributed by atoms with E-state index in [2.05, 4.69) is 50.4 Å². The highest BCUT2D eigenvalue weighted by atomic mass is 16.6. The fourth-order valence-electron chi connectivity index (χ4n) is 5.93. The van der Waals surface area contributed by atoms with Crippen molar-refractivity contribution < 1.29 is 14.3 Å². The van der Waals surface area contributed by atoms with Crippen LogP contribution in [0.4, 0.5) is 5.69 Å². The maximum Gasteiger partial charge on any atom is 0.340 e. The molecule has 3 aromatic carbocycles. The molecule has 4 heteroatoms. The average Bonchev–Trinajstić information content (AvgIpc) is 3.10. The molecule has 0 radical (unpaired) electrons. The van der Waals surface area contributed by atoms with Crippen molar-refractivity contribution in [3.8, 4) is 11.5 Å². The lowest BCUT2D eigenvalue weighted by molar-refractivity contribution is 0.0222. The fraction of sp³-hybridized carbons (Fsp3) is 0.345. The summed E-state index contributed by atoms with van der Waals surface area (Å²) in [6.07, 6.45) is 6.29. The zero-order valence-corrected chi connectivity index (χ0v) is 19.5. The van der Waals surface area contributed by atoms with Crippen molar-refractivity contribution in [2.45, 2.75) is 64.5 Å². The lowest BCUT2D eigenvalue weighted by atomic mass is 9.75. The van der Waals surface area contributed by atoms with E-state index in [1.807, 2.05) is 24.3 Å². The molecule has 1 aliphatic carbocycles. The largest absolute Gasteiger partial charge is 0.456 e. The van der Waals surface area contributed by atoms with Gasteiger partial charge in [-0.2, -0.15) is 0 Å². The number of aryl methyl sites for hydroxylation is 2. The summed E-state index contributed by atoms with van der Waals surface area (Å²) in [5, 5.41) is 3.71. The van der Waals surface area contributed by atoms with Crippen LogP contribution in [-0.2, 0) is 10.3 Å². The molecule has 1 atom stereocenters. The summed E-state index contributed by atoms with van der Waals surface area (Å²) in [6.45, 7) is 6.26. The van der Waals surface area contributed by atoms with Crippen molar-refractivity contribution in [1.29, 1.82) is 0 Å². The van der Waals surface area contributed by atoms with Crippen LogP contribution in [0.5, 0.6) is 11.5 Å². The predicted molar refractivity (Wildman–Crippen MR) is 129 cm³/mol. The van der Waals surface area contributed by atoms with Crippen LogP contribution in [0.1, 0.15) is 75.8 Å². The lowest BCUT2D eigenvalue weighted by Gasteiger charge is -2.39. The second-order valence-corrected chi connectivity index (χ2v) is 9.75. The first-order valence-corrected chi connectivity index (χ1v) is 12.0. The van der Waals surface area contributed by atoms with Gasteiger partial charge in [0.1, 0.15) is 11.5 Å². The van der Waals surface area contributed by atoms with E-state index < -0.39 is 5.60 Å². The van der Waals surface area contributed by atoms with Gasteiger partial charge >= 0.3 is 5.97 Å². The molecule has 1 saturated carbocycles. The lowest BCUT2D eigenvalue weighted by Crippen LogP contribution is -2.34. The minimum atomic E-state index is -0.998. The highest BCUT2D eigenvalue weighted by Crippen LogP contribution is 2.58. The van der Waals surface area contributed by atoms with Gasteiger partial charge in [-0.1, -0.05) is 43.5 Å². The van der Waals surface area contributed by atoms with Crippen LogP contribution in [0.25, 0.3) is 0 Å². The van der Waals surface area contributed by atoms with Crippen LogP contribution in [0, 0.1) is 20.8 Å². The van der Waals surface area contributed by atoms with Gasteiger partial charge in [0.05, 0.1) is 11.1 Å². The number of nitrogens with one attached hydrogen (secondary N) is 1. The van der Waals surface area contributed by atoms with Crippen LogP contribution in [-0.4, -0.2) is 12.0 Å². The van der Waals surface area contributed by atoms with Crippen LogP contribution >= 0.6 is 0 Å². The van der Waals surface area contributed by atoms with E-state index >= 15 is 0 Å². The maximum atomic E-state index is 13.1. The molecule has 1 fully saturated rings. The minimum absolute atomic E-state index is 0.286. The number of carbonyl (C=O) groups excluding carboxylic acids is 1. The fourth-order valence-corrected chi connectivity index (χ4v) is 5.93. The van der Waals surface area contributed by atoms with Gasteiger partial charge in [0.15, 0.2) is 5.60 Å². The molecule has 3 aliphatic rings. The van der Waals surface area contributed by atoms with Gasteiger partial charge in [0, 0.05) is 28.9 Å². The summed E-state index contributed by atoms with van der Waals surface area (Å²) < 4.78 is 12.9. The van der Waals surface area contributed by atoms with Crippen molar-refractivity contribution in [1.82, 2.24) is 0 Å². The Bertz CT molecular complexity index is 1290. The Hall–Kier alpha value is -3.27. The van der Waals surface area contributed by atoms with Gasteiger partial charge in [0.25, 0.3) is 0 Å². The van der Waals surface area contributed by atoms with Gasteiger partial charge in [-0.3, -0.25) is 0 Å². The quantitative estimate of drug-likeness (QED) is 0.440. The predicted octanol–water partition coefficient (Wildman–Crippen LogP) is 6.92. The molecule has 1 spiro atoms. The molecule has 3 aromatic rings. The van der Waals surface area contributed by atoms with Crippen molar-refractivity contribution in [3.05, 3.63) is 87.5 Å². The summed E-state index contributed by atoms with van der Waals surface area (Å²) in [7, 11) is 0. The number of hydrogen-bond donors (Lipinski definition) is 1. The normalized spacial score (nSPS) is 21.1. The third-order valence-electron chi connectivity index (χ3n) is 7.66. The molecule has 1 unspecified atom stereocenters. The van der Waals surface area contributed by atoms with Gasteiger partial charge in [-0.25, -0.2) is 4.79 Å². The number of esters is 1. The highest BCUT2D eigenvalue weighted by molar-refractivity contribution is 5.97. The van der Waals surface area contributed by atoms with Gasteiger partial charge in [-0.05, 0) is 68.5 Å². The number of fused-ring (bicyclic) bond motifs is 6. The summed E-state index contributed by atoms with van der Waals surface area (Å²) in [5.41, 5.74) is 6.69. The first kappa shape index (κ1) is 20.3. The molecule has 6 rings (SSSR count). The molecule has 2 aliphatic heterocycles. The first-order valence-electron chi connectivity index (χ1n) is 12.0. The van der Waals surface area contributed by atoms with Gasteiger partial charge < -0.3 is 14.8 Å². The van der Waals surface area contributed by atoms with E-state index in [9.17, 15) is 4.79 Å². The first-order chi connectivity index (χ1) is 16.0. The number of carbonyl (C=O) groups is 1. The van der Waals surface area contributed by atoms with Crippen LogP contribution in [0.3, 0.4) is 0 Å². The Balaban J connectivity index is 1.57. The molecule has 4 nitrogen and oxygen atoms in total. The molecule has 0 amide bonds. The molecular formula is C29H29NO3. The van der Waals surface area contributed by atoms with Crippen molar-refractivity contribution in [2.75, 3.05) is 5.32 Å². The molecule has 168 valence electrons. The van der Waals surface area contributed by atoms with E-state index in [0.29, 0.717) is 11.6 Å². The van der Waals surface area contributed by atoms with Gasteiger partial charge in [0.2, 0.25) is 0 Å². The molecule has 33 heavy (non-hydrogen) atoms. The minimum Gasteiger partial charge on any atom is -0.456 e. The molecule has 0 saturated heterocycles. The smallest absolute Gasteiger partial charge is 0.340 e. The van der Waals surface area contributed by atoms with Crippen molar-refractivity contribution in [2.24, 2.45) is 0 Å². The second kappa shape index (κ2) is 7.38. The number of anilines is 1. The van der Waals surface area contributed by atoms with Crippen molar-refractivity contribution in [3.63, 3.8) is 0 Å². The summed E-state index contributed by atoms with van der Waals surface area (Å²) in [5.74, 6) is 1.27. The van der Waals surface area contributed by atoms with E-state index in [1.54, 1.807) is 0 Å². The Kier molecular flexibility index (Phi) is 4.55. The summed E-state index contributed by atoms with van der Waals surface area (Å²) in [6, 6.07) is 16.7. The molecule has 1 N–H and O–H groups in total. The van der Waals surface area contributed by atoms with Gasteiger partial charge in [-0.15, -0.1) is 0 Å². The monoisotopic (exact) mass is 439 g/mol. The standard InChI is InChI=1S/C29H29NO3/c1-17-15-18(2)26-27(19(17)3)32-25-16-21(30-20-9-5-4-6-10-20)13-14-24(25)29(26)23-12-8-7-11-22(23)28(31)33-29/h7-8,11-16,20,30H,4-6,9-10H2,1-3H3. The Morgan fingerprint density at radius 1 is 0.909 bits per heavy atom. The van der Waals surface area contributed by atoms with Crippen LogP contribution < -0.4 is 10.1 Å². The molecule has 0 aromatic heterocycles. The third kappa shape index (κ3) is 2.93. The van der Waals surface area contributed by atoms with Crippen molar-refractivity contribution >= 4 is 11.7 Å². The zero-order chi connectivity index (χ0) is 22.7. The van der Waals surface area contributed by atoms with Crippen LogP contribution in [0.15, 0.2) is 48.5 Å². The zero-order valence-electron chi connectivity index (χ0n) is 19.5. The number of benzene rings is 3. The molecular weight excluding hydrogens is 410 g/mol. The topological polar surface area (TPSA) is 47.6 Å². The van der Waals surface area contributed by atoms with E-state index in [-0.39, 0.29) is 5.97 Å². The Morgan fingerprint density at radius 3 is 2.52 bits per heavy atom. The Morgan fingerprint density at radius 2 is 1.70 bits per heavy atom. The van der Waals surface area contributed by atoms with E-state index in [4.69, 9.17) is 9.47 Å². The second-order valence-electron chi connectivity index (χ2n) is 9.75. The van der Waals surface area contributed by atoms with E-state index in [1.165, 1.54) is 37.7 Å². The maximum absolute atomic E-state index is 13.1. The van der Waals surface area contributed by atoms with Crippen LogP contribution in [0.2, 0.25) is 0 Å². The summed E-state index contributed by atoms with van der Waals surface area (Å²) in [4.78, 5) is 13.1. The number of rotatable bonds is 2. The third-order valence-corrected chi connectivity index (χ3v) is 7.66. The van der Waals surface area contributed by atoms with E-state index in [0.717, 1.165) is 45.0 Å². The highest BCUT2D eigenvalue weighted by Gasteiger charge is 2.54.